The molecular formula is C14H14ClN3O3S. The summed E-state index contributed by atoms with van der Waals surface area (Å²) in [6, 6.07) is 0. The number of fused-ring (bicyclic) bond motifs is 1. The molecule has 2 aliphatic heterocycles. The summed E-state index contributed by atoms with van der Waals surface area (Å²) in [7, 11) is 0. The molecule has 0 saturated carbocycles. The third-order valence-electron chi connectivity index (χ3n) is 3.24. The predicted octanol–water partition coefficient (Wildman–Crippen LogP) is 2.29. The number of halogens is 1. The van der Waals surface area contributed by atoms with Gasteiger partial charge in [-0.15, -0.1) is 0 Å². The Morgan fingerprint density at radius 2 is 2.36 bits per heavy atom. The van der Waals surface area contributed by atoms with Crippen LogP contribution in [0.3, 0.4) is 0 Å². The van der Waals surface area contributed by atoms with E-state index in [2.05, 4.69) is 10.6 Å². The van der Waals surface area contributed by atoms with Crippen LogP contribution in [-0.2, 0) is 4.74 Å². The number of nitrogens with one attached hydrogen (secondary N) is 2. The summed E-state index contributed by atoms with van der Waals surface area (Å²) in [5, 5.41) is 8.09. The van der Waals surface area contributed by atoms with Gasteiger partial charge in [-0.05, 0) is 24.5 Å². The van der Waals surface area contributed by atoms with Crippen LogP contribution in [0.25, 0.3) is 6.08 Å². The fourth-order valence-corrected chi connectivity index (χ4v) is 3.22. The summed E-state index contributed by atoms with van der Waals surface area (Å²) >= 11 is 7.60. The minimum absolute atomic E-state index is 0.00868. The van der Waals surface area contributed by atoms with Gasteiger partial charge < -0.3 is 19.9 Å². The first-order valence-electron chi connectivity index (χ1n) is 6.73. The maximum absolute atomic E-state index is 12.5. The molecule has 3 heterocycles. The molecule has 1 aromatic heterocycles. The Bertz CT molecular complexity index is 721. The SMILES string of the molecule is CCOC(=O)c1cn(C2NC=CS2)c2c(c1=O)C=CC(Cl)N2. The number of thioether (sulfide) groups is 1. The van der Waals surface area contributed by atoms with Gasteiger partial charge in [0.1, 0.15) is 16.9 Å². The van der Waals surface area contributed by atoms with Crippen LogP contribution in [0.1, 0.15) is 28.3 Å². The fourth-order valence-electron chi connectivity index (χ4n) is 2.28. The van der Waals surface area contributed by atoms with Gasteiger partial charge in [0, 0.05) is 12.4 Å². The number of alkyl halides is 1. The third-order valence-corrected chi connectivity index (χ3v) is 4.41. The average Bonchev–Trinajstić information content (AvgIpc) is 3.01. The van der Waals surface area contributed by atoms with Gasteiger partial charge in [-0.2, -0.15) is 0 Å². The van der Waals surface area contributed by atoms with E-state index in [1.54, 1.807) is 29.8 Å². The largest absolute Gasteiger partial charge is 0.462 e. The van der Waals surface area contributed by atoms with Gasteiger partial charge in [-0.1, -0.05) is 23.4 Å². The van der Waals surface area contributed by atoms with E-state index in [9.17, 15) is 9.59 Å². The van der Waals surface area contributed by atoms with Gasteiger partial charge in [-0.3, -0.25) is 4.79 Å². The zero-order valence-corrected chi connectivity index (χ0v) is 13.3. The summed E-state index contributed by atoms with van der Waals surface area (Å²) in [5.74, 6) is -0.0457. The molecule has 2 aliphatic rings. The van der Waals surface area contributed by atoms with Crippen molar-refractivity contribution in [3.63, 3.8) is 0 Å². The number of esters is 1. The average molecular weight is 340 g/mol. The minimum atomic E-state index is -0.624. The highest BCUT2D eigenvalue weighted by molar-refractivity contribution is 8.02. The van der Waals surface area contributed by atoms with Crippen LogP contribution in [-0.4, -0.2) is 22.6 Å². The first kappa shape index (κ1) is 15.1. The number of anilines is 1. The summed E-state index contributed by atoms with van der Waals surface area (Å²) in [6.07, 6.45) is 6.61. The summed E-state index contributed by atoms with van der Waals surface area (Å²) in [6.45, 7) is 1.91. The normalized spacial score (nSPS) is 21.9. The monoisotopic (exact) mass is 339 g/mol. The van der Waals surface area contributed by atoms with Crippen molar-refractivity contribution >= 4 is 41.2 Å². The molecule has 0 aromatic carbocycles. The molecule has 0 amide bonds. The quantitative estimate of drug-likeness (QED) is 0.500. The van der Waals surface area contributed by atoms with Crippen molar-refractivity contribution in [3.05, 3.63) is 45.2 Å². The van der Waals surface area contributed by atoms with Gasteiger partial charge in [0.05, 0.1) is 12.2 Å². The lowest BCUT2D eigenvalue weighted by Crippen LogP contribution is -2.31. The third kappa shape index (κ3) is 2.62. The van der Waals surface area contributed by atoms with E-state index in [1.807, 2.05) is 5.41 Å². The Kier molecular flexibility index (Phi) is 4.17. The van der Waals surface area contributed by atoms with Crippen molar-refractivity contribution in [3.8, 4) is 0 Å². The molecule has 0 aliphatic carbocycles. The van der Waals surface area contributed by atoms with E-state index in [1.165, 1.54) is 18.0 Å². The van der Waals surface area contributed by atoms with E-state index in [4.69, 9.17) is 16.3 Å². The lowest BCUT2D eigenvalue weighted by atomic mass is 10.1. The number of hydrogen-bond donors (Lipinski definition) is 2. The molecule has 8 heteroatoms. The van der Waals surface area contributed by atoms with E-state index in [-0.39, 0.29) is 23.1 Å². The van der Waals surface area contributed by atoms with Gasteiger partial charge in [0.15, 0.2) is 5.50 Å². The van der Waals surface area contributed by atoms with Crippen molar-refractivity contribution < 1.29 is 9.53 Å². The second kappa shape index (κ2) is 6.10. The van der Waals surface area contributed by atoms with Crippen LogP contribution < -0.4 is 16.1 Å². The second-order valence-electron chi connectivity index (χ2n) is 4.62. The van der Waals surface area contributed by atoms with Crippen LogP contribution >= 0.6 is 23.4 Å². The van der Waals surface area contributed by atoms with E-state index < -0.39 is 11.5 Å². The van der Waals surface area contributed by atoms with Crippen LogP contribution in [0.15, 0.2) is 28.7 Å². The van der Waals surface area contributed by atoms with Crippen molar-refractivity contribution in [2.45, 2.75) is 17.9 Å². The molecule has 6 nitrogen and oxygen atoms in total. The number of ether oxygens (including phenoxy) is 1. The smallest absolute Gasteiger partial charge is 0.343 e. The number of rotatable bonds is 3. The Morgan fingerprint density at radius 1 is 1.55 bits per heavy atom. The Labute approximate surface area is 136 Å². The molecule has 116 valence electrons. The maximum atomic E-state index is 12.5. The molecule has 2 N–H and O–H groups in total. The second-order valence-corrected chi connectivity index (χ2v) is 6.09. The highest BCUT2D eigenvalue weighted by atomic mass is 35.5. The van der Waals surface area contributed by atoms with E-state index in [0.717, 1.165) is 0 Å². The van der Waals surface area contributed by atoms with Gasteiger partial charge in [0.25, 0.3) is 0 Å². The highest BCUT2D eigenvalue weighted by Gasteiger charge is 2.26. The summed E-state index contributed by atoms with van der Waals surface area (Å²) < 4.78 is 6.76. The number of carbonyl (C=O) groups excluding carboxylic acids is 1. The standard InChI is InChI=1S/C14H14ClN3O3S/c1-2-21-13(20)9-7-18(14-16-5-6-22-14)12-8(11(9)19)3-4-10(15)17-12/h3-7,10,14,16-17H,2H2,1H3. The number of carbonyl (C=O) groups is 1. The van der Waals surface area contributed by atoms with Gasteiger partial charge >= 0.3 is 5.97 Å². The lowest BCUT2D eigenvalue weighted by Gasteiger charge is -2.26. The van der Waals surface area contributed by atoms with Gasteiger partial charge in [0.2, 0.25) is 5.43 Å². The van der Waals surface area contributed by atoms with Crippen LogP contribution in [0.2, 0.25) is 0 Å². The summed E-state index contributed by atoms with van der Waals surface area (Å²) in [4.78, 5) is 24.5. The molecule has 22 heavy (non-hydrogen) atoms. The molecule has 0 bridgehead atoms. The molecule has 0 spiro atoms. The summed E-state index contributed by atoms with van der Waals surface area (Å²) in [5.41, 5.74) is -0.532. The number of pyridine rings is 1. The molecular weight excluding hydrogens is 326 g/mol. The zero-order valence-electron chi connectivity index (χ0n) is 11.7. The lowest BCUT2D eigenvalue weighted by molar-refractivity contribution is 0.0524. The highest BCUT2D eigenvalue weighted by Crippen LogP contribution is 2.32. The maximum Gasteiger partial charge on any atom is 0.343 e. The Morgan fingerprint density at radius 3 is 3.05 bits per heavy atom. The number of hydrogen-bond acceptors (Lipinski definition) is 6. The fraction of sp³-hybridized carbons (Fsp3) is 0.286. The molecule has 2 unspecified atom stereocenters. The Hall–Kier alpha value is -1.86. The number of nitrogens with zero attached hydrogens (tertiary/aromatic N) is 1. The molecule has 0 fully saturated rings. The van der Waals surface area contributed by atoms with Crippen molar-refractivity contribution in [2.24, 2.45) is 0 Å². The molecule has 0 radical (unpaired) electrons. The van der Waals surface area contributed by atoms with Crippen molar-refractivity contribution in [1.82, 2.24) is 9.88 Å². The van der Waals surface area contributed by atoms with Crippen LogP contribution in [0, 0.1) is 0 Å². The zero-order chi connectivity index (χ0) is 15.7. The Balaban J connectivity index is 2.15. The van der Waals surface area contributed by atoms with E-state index in [0.29, 0.717) is 11.4 Å². The number of aromatic nitrogens is 1. The predicted molar refractivity (Wildman–Crippen MR) is 87.9 cm³/mol. The molecule has 3 rings (SSSR count). The first-order chi connectivity index (χ1) is 10.6. The molecule has 2 atom stereocenters. The topological polar surface area (TPSA) is 72.4 Å². The first-order valence-corrected chi connectivity index (χ1v) is 8.11. The van der Waals surface area contributed by atoms with Crippen LogP contribution in [0.5, 0.6) is 0 Å². The molecule has 0 saturated heterocycles. The molecule has 1 aromatic rings. The van der Waals surface area contributed by atoms with E-state index >= 15 is 0 Å². The van der Waals surface area contributed by atoms with Crippen LogP contribution in [0.4, 0.5) is 5.82 Å². The van der Waals surface area contributed by atoms with Gasteiger partial charge in [-0.25, -0.2) is 4.79 Å². The van der Waals surface area contributed by atoms with Crippen molar-refractivity contribution in [2.75, 3.05) is 11.9 Å². The minimum Gasteiger partial charge on any atom is -0.462 e. The van der Waals surface area contributed by atoms with Crippen molar-refractivity contribution in [1.29, 1.82) is 0 Å².